The van der Waals surface area contributed by atoms with Crippen LogP contribution >= 0.6 is 0 Å². The molecule has 2 aliphatic rings. The van der Waals surface area contributed by atoms with Gasteiger partial charge in [-0.15, -0.1) is 0 Å². The van der Waals surface area contributed by atoms with Gasteiger partial charge in [0, 0.05) is 0 Å². The number of aldehydes is 1. The molecule has 2 fully saturated rings. The zero-order chi connectivity index (χ0) is 19.3. The number of hydrogen-bond acceptors (Lipinski definition) is 4. The van der Waals surface area contributed by atoms with Gasteiger partial charge in [-0.25, -0.2) is 4.79 Å². The van der Waals surface area contributed by atoms with E-state index in [1.165, 1.54) is 0 Å². The lowest BCUT2D eigenvalue weighted by Crippen LogP contribution is -2.56. The molecule has 6 heteroatoms. The largest absolute Gasteiger partial charge is 0.444 e. The van der Waals surface area contributed by atoms with Gasteiger partial charge in [-0.1, -0.05) is 20.8 Å². The molecule has 2 saturated heterocycles. The average molecular weight is 370 g/mol. The molecule has 5 nitrogen and oxygen atoms in total. The summed E-state index contributed by atoms with van der Waals surface area (Å²) in [6.07, 6.45) is 3.60. The lowest BCUT2D eigenvalue weighted by molar-refractivity contribution is -0.117. The highest BCUT2D eigenvalue weighted by atomic mass is 28.4. The maximum atomic E-state index is 12.9. The quantitative estimate of drug-likeness (QED) is 0.540. The van der Waals surface area contributed by atoms with E-state index in [1.807, 2.05) is 20.8 Å². The van der Waals surface area contributed by atoms with E-state index in [2.05, 4.69) is 33.9 Å². The number of amides is 1. The van der Waals surface area contributed by atoms with E-state index in [0.29, 0.717) is 19.4 Å². The van der Waals surface area contributed by atoms with E-state index < -0.39 is 25.0 Å². The monoisotopic (exact) mass is 369 g/mol. The van der Waals surface area contributed by atoms with Crippen molar-refractivity contribution in [1.82, 2.24) is 4.90 Å². The van der Waals surface area contributed by atoms with Gasteiger partial charge >= 0.3 is 6.09 Å². The third kappa shape index (κ3) is 3.65. The maximum absolute atomic E-state index is 12.9. The molecule has 2 rings (SSSR count). The zero-order valence-electron chi connectivity index (χ0n) is 17.2. The summed E-state index contributed by atoms with van der Waals surface area (Å²) in [5.41, 5.74) is -1.69. The number of hydrogen-bond donors (Lipinski definition) is 0. The molecule has 0 aliphatic carbocycles. The Morgan fingerprint density at radius 2 is 1.60 bits per heavy atom. The number of rotatable bonds is 4. The predicted molar refractivity (Wildman–Crippen MR) is 101 cm³/mol. The molecule has 25 heavy (non-hydrogen) atoms. The van der Waals surface area contributed by atoms with Gasteiger partial charge in [0.2, 0.25) is 0 Å². The third-order valence-corrected chi connectivity index (χ3v) is 10.7. The van der Waals surface area contributed by atoms with E-state index in [1.54, 1.807) is 4.90 Å². The minimum Gasteiger partial charge on any atom is -0.444 e. The van der Waals surface area contributed by atoms with Crippen LogP contribution in [-0.2, 0) is 14.0 Å². The minimum atomic E-state index is -1.93. The lowest BCUT2D eigenvalue weighted by Gasteiger charge is -2.42. The molecule has 0 aromatic carbocycles. The smallest absolute Gasteiger partial charge is 0.411 e. The average Bonchev–Trinajstić information content (AvgIpc) is 2.94. The highest BCUT2D eigenvalue weighted by Crippen LogP contribution is 2.53. The molecule has 0 N–H and O–H groups in total. The fraction of sp³-hybridized carbons (Fsp3) is 0.895. The summed E-state index contributed by atoms with van der Waals surface area (Å²) in [5, 5.41) is 0.110. The Labute approximate surface area is 153 Å². The summed E-state index contributed by atoms with van der Waals surface area (Å²) in [7, 11) is -1.93. The van der Waals surface area contributed by atoms with Gasteiger partial charge in [0.15, 0.2) is 8.32 Å². The molecule has 144 valence electrons. The molecule has 2 aliphatic heterocycles. The second kappa shape index (κ2) is 6.08. The van der Waals surface area contributed by atoms with Crippen LogP contribution in [0, 0.1) is 0 Å². The Hall–Kier alpha value is -0.883. The summed E-state index contributed by atoms with van der Waals surface area (Å²) < 4.78 is 12.1. The van der Waals surface area contributed by atoms with Crippen LogP contribution in [0.3, 0.4) is 0 Å². The second-order valence-electron chi connectivity index (χ2n) is 10.3. The molecule has 0 radical (unpaired) electrons. The van der Waals surface area contributed by atoms with Gasteiger partial charge in [0.1, 0.15) is 17.4 Å². The maximum Gasteiger partial charge on any atom is 0.411 e. The van der Waals surface area contributed by atoms with Gasteiger partial charge in [0.05, 0.1) is 12.1 Å². The van der Waals surface area contributed by atoms with Gasteiger partial charge in [-0.3, -0.25) is 4.90 Å². The Balaban J connectivity index is 2.26. The number of fused-ring (bicyclic) bond motifs is 2. The Kier molecular flexibility index (Phi) is 4.97. The van der Waals surface area contributed by atoms with E-state index in [4.69, 9.17) is 9.16 Å². The van der Waals surface area contributed by atoms with Gasteiger partial charge in [-0.05, 0) is 64.6 Å². The summed E-state index contributed by atoms with van der Waals surface area (Å²) >= 11 is 0. The fourth-order valence-electron chi connectivity index (χ4n) is 3.66. The Morgan fingerprint density at radius 1 is 1.08 bits per heavy atom. The van der Waals surface area contributed by atoms with Crippen LogP contribution in [0.4, 0.5) is 4.79 Å². The van der Waals surface area contributed by atoms with Gasteiger partial charge in [-0.2, -0.15) is 0 Å². The summed E-state index contributed by atoms with van der Waals surface area (Å²) in [4.78, 5) is 26.5. The first-order valence-electron chi connectivity index (χ1n) is 9.32. The van der Waals surface area contributed by atoms with Crippen molar-refractivity contribution in [2.24, 2.45) is 0 Å². The summed E-state index contributed by atoms with van der Waals surface area (Å²) in [6.45, 7) is 17.1. The number of nitrogens with zero attached hydrogens (tertiary/aromatic N) is 1. The van der Waals surface area contributed by atoms with E-state index in [0.717, 1.165) is 19.1 Å². The van der Waals surface area contributed by atoms with Crippen molar-refractivity contribution < 1.29 is 18.8 Å². The van der Waals surface area contributed by atoms with Crippen molar-refractivity contribution in [1.29, 1.82) is 0 Å². The molecule has 1 amide bonds. The van der Waals surface area contributed by atoms with Crippen LogP contribution in [0.1, 0.15) is 67.2 Å². The minimum absolute atomic E-state index is 0.110. The van der Waals surface area contributed by atoms with Crippen LogP contribution in [0.25, 0.3) is 0 Å². The Bertz CT molecular complexity index is 537. The number of carbonyl (C=O) groups excluding carboxylic acids is 2. The molecular formula is C19H35NO4Si. The van der Waals surface area contributed by atoms with Crippen molar-refractivity contribution in [3.63, 3.8) is 0 Å². The molecule has 0 spiro atoms. The first-order chi connectivity index (χ1) is 11.2. The SMILES string of the molecule is CC(C)(C)OC(=O)N1C2(C=O)CCC1(CO[Si](C)(C)C(C)(C)C)CC2. The van der Waals surface area contributed by atoms with Crippen LogP contribution in [0.5, 0.6) is 0 Å². The molecule has 2 bridgehead atoms. The van der Waals surface area contributed by atoms with Gasteiger partial charge < -0.3 is 14.0 Å². The first kappa shape index (κ1) is 20.4. The van der Waals surface area contributed by atoms with Crippen LogP contribution in [0.15, 0.2) is 0 Å². The number of carbonyl (C=O) groups is 2. The van der Waals surface area contributed by atoms with Gasteiger partial charge in [0.25, 0.3) is 0 Å². The van der Waals surface area contributed by atoms with Crippen molar-refractivity contribution in [2.45, 2.75) is 102 Å². The molecule has 0 aromatic rings. The molecule has 0 saturated carbocycles. The highest BCUT2D eigenvalue weighted by Gasteiger charge is 2.64. The van der Waals surface area contributed by atoms with Crippen molar-refractivity contribution in [2.75, 3.05) is 6.61 Å². The standard InChI is InChI=1S/C19H35NO4Si/c1-16(2,3)24-15(22)20-18(13-21)9-11-19(20,12-10-18)14-23-25(7,8)17(4,5)6/h13H,9-12,14H2,1-8H3. The molecule has 0 unspecified atom stereocenters. The van der Waals surface area contributed by atoms with Crippen LogP contribution < -0.4 is 0 Å². The highest BCUT2D eigenvalue weighted by molar-refractivity contribution is 6.74. The molecule has 0 aromatic heterocycles. The molecular weight excluding hydrogens is 334 g/mol. The van der Waals surface area contributed by atoms with E-state index >= 15 is 0 Å². The third-order valence-electron chi connectivity index (χ3n) is 6.27. The van der Waals surface area contributed by atoms with Crippen LogP contribution in [-0.4, -0.2) is 48.9 Å². The molecule has 0 atom stereocenters. The topological polar surface area (TPSA) is 55.8 Å². The number of ether oxygens (including phenoxy) is 1. The zero-order valence-corrected chi connectivity index (χ0v) is 18.2. The summed E-state index contributed by atoms with van der Waals surface area (Å²) in [5.74, 6) is 0. The van der Waals surface area contributed by atoms with Crippen molar-refractivity contribution in [3.8, 4) is 0 Å². The normalized spacial score (nSPS) is 29.8. The van der Waals surface area contributed by atoms with E-state index in [-0.39, 0.29) is 11.1 Å². The predicted octanol–water partition coefficient (Wildman–Crippen LogP) is 4.51. The Morgan fingerprint density at radius 3 is 2.00 bits per heavy atom. The second-order valence-corrected chi connectivity index (χ2v) is 15.1. The van der Waals surface area contributed by atoms with Crippen molar-refractivity contribution >= 4 is 20.7 Å². The molecule has 2 heterocycles. The fourth-order valence-corrected chi connectivity index (χ4v) is 4.72. The van der Waals surface area contributed by atoms with E-state index in [9.17, 15) is 9.59 Å². The lowest BCUT2D eigenvalue weighted by atomic mass is 9.83. The van der Waals surface area contributed by atoms with Crippen LogP contribution in [0.2, 0.25) is 18.1 Å². The first-order valence-corrected chi connectivity index (χ1v) is 12.2. The van der Waals surface area contributed by atoms with Crippen molar-refractivity contribution in [3.05, 3.63) is 0 Å². The summed E-state index contributed by atoms with van der Waals surface area (Å²) in [6, 6.07) is 0.